The van der Waals surface area contributed by atoms with Crippen LogP contribution in [0, 0.1) is 6.92 Å². The van der Waals surface area contributed by atoms with Crippen LogP contribution >= 0.6 is 22.9 Å². The van der Waals surface area contributed by atoms with Gasteiger partial charge < -0.3 is 9.47 Å². The summed E-state index contributed by atoms with van der Waals surface area (Å²) in [7, 11) is 1.30. The van der Waals surface area contributed by atoms with Crippen molar-refractivity contribution in [3.8, 4) is 5.75 Å². The first kappa shape index (κ1) is 23.2. The lowest BCUT2D eigenvalue weighted by molar-refractivity contribution is -0.123. The summed E-state index contributed by atoms with van der Waals surface area (Å²) in [6.45, 7) is 1.85. The number of aryl methyl sites for hydroxylation is 1. The first-order chi connectivity index (χ1) is 15.4. The molecule has 0 atom stereocenters. The van der Waals surface area contributed by atoms with Gasteiger partial charge in [-0.15, -0.1) is 0 Å². The summed E-state index contributed by atoms with van der Waals surface area (Å²) >= 11 is 7.23. The first-order valence-electron chi connectivity index (χ1n) is 9.45. The van der Waals surface area contributed by atoms with E-state index in [1.807, 2.05) is 25.1 Å². The number of halogens is 1. The second-order valence-electron chi connectivity index (χ2n) is 6.65. The van der Waals surface area contributed by atoms with Crippen LogP contribution in [0.1, 0.15) is 26.4 Å². The Kier molecular flexibility index (Phi) is 7.80. The molecule has 0 aliphatic heterocycles. The largest absolute Gasteiger partial charge is 0.483 e. The average molecular weight is 474 g/mol. The van der Waals surface area contributed by atoms with Gasteiger partial charge in [-0.25, -0.2) is 10.2 Å². The molecule has 1 N–H and O–H groups in total. The van der Waals surface area contributed by atoms with Crippen LogP contribution in [0.25, 0.3) is 0 Å². The third kappa shape index (κ3) is 5.83. The first-order valence-corrected chi connectivity index (χ1v) is 10.6. The van der Waals surface area contributed by atoms with Crippen molar-refractivity contribution in [2.75, 3.05) is 13.7 Å². The van der Waals surface area contributed by atoms with Gasteiger partial charge >= 0.3 is 10.8 Å². The fraction of sp³-hybridized carbons (Fsp3) is 0.182. The molecule has 1 aromatic heterocycles. The second-order valence-corrected chi connectivity index (χ2v) is 8.00. The van der Waals surface area contributed by atoms with Gasteiger partial charge in [-0.1, -0.05) is 53.3 Å². The molecular weight excluding hydrogens is 454 g/mol. The summed E-state index contributed by atoms with van der Waals surface area (Å²) in [6, 6.07) is 14.1. The van der Waals surface area contributed by atoms with Crippen molar-refractivity contribution in [3.63, 3.8) is 0 Å². The van der Waals surface area contributed by atoms with E-state index in [1.165, 1.54) is 17.9 Å². The normalized spacial score (nSPS) is 10.8. The number of rotatable bonds is 8. The van der Waals surface area contributed by atoms with E-state index in [4.69, 9.17) is 21.1 Å². The van der Waals surface area contributed by atoms with Crippen LogP contribution < -0.4 is 15.0 Å². The van der Waals surface area contributed by atoms with Gasteiger partial charge in [0.05, 0.1) is 30.3 Å². The molecule has 2 aromatic carbocycles. The molecule has 8 nitrogen and oxygen atoms in total. The van der Waals surface area contributed by atoms with E-state index >= 15 is 0 Å². The molecule has 0 saturated heterocycles. The zero-order valence-corrected chi connectivity index (χ0v) is 18.9. The molecule has 1 heterocycles. The number of ether oxygens (including phenoxy) is 2. The van der Waals surface area contributed by atoms with Gasteiger partial charge in [0.25, 0.3) is 5.91 Å². The minimum atomic E-state index is -0.467. The second kappa shape index (κ2) is 10.7. The van der Waals surface area contributed by atoms with E-state index in [0.29, 0.717) is 21.8 Å². The van der Waals surface area contributed by atoms with Gasteiger partial charge in [0.15, 0.2) is 6.61 Å². The van der Waals surface area contributed by atoms with E-state index in [1.54, 1.807) is 30.3 Å². The molecule has 0 radical (unpaired) electrons. The summed E-state index contributed by atoms with van der Waals surface area (Å²) in [6.07, 6.45) is 1.31. The van der Waals surface area contributed by atoms with Crippen molar-refractivity contribution < 1.29 is 19.1 Å². The SMILES string of the molecule is COC(=O)c1cccc(Cn2c(Cl)c(/C=N/NC(=O)COc3ccccc3C)sc2=O)c1. The van der Waals surface area contributed by atoms with Crippen molar-refractivity contribution in [2.45, 2.75) is 13.5 Å². The Balaban J connectivity index is 1.62. The van der Waals surface area contributed by atoms with E-state index in [9.17, 15) is 14.4 Å². The number of hydrogen-bond donors (Lipinski definition) is 1. The maximum atomic E-state index is 12.4. The van der Waals surface area contributed by atoms with Gasteiger partial charge in [-0.05, 0) is 36.2 Å². The number of esters is 1. The fourth-order valence-electron chi connectivity index (χ4n) is 2.77. The number of thiazole rings is 1. The topological polar surface area (TPSA) is 99.0 Å². The minimum Gasteiger partial charge on any atom is -0.483 e. The van der Waals surface area contributed by atoms with Crippen molar-refractivity contribution in [1.29, 1.82) is 0 Å². The number of aromatic nitrogens is 1. The molecule has 0 bridgehead atoms. The van der Waals surface area contributed by atoms with Crippen LogP contribution in [0.3, 0.4) is 0 Å². The Bertz CT molecular complexity index is 1220. The number of methoxy groups -OCH3 is 1. The third-order valence-electron chi connectivity index (χ3n) is 4.37. The summed E-state index contributed by atoms with van der Waals surface area (Å²) in [5.74, 6) is -0.307. The Morgan fingerprint density at radius 1 is 1.22 bits per heavy atom. The quantitative estimate of drug-likeness (QED) is 0.307. The van der Waals surface area contributed by atoms with Crippen molar-refractivity contribution in [3.05, 3.63) is 84.9 Å². The number of carbonyl (C=O) groups excluding carboxylic acids is 2. The summed E-state index contributed by atoms with van der Waals surface area (Å²) in [5.41, 5.74) is 4.34. The predicted octanol–water partition coefficient (Wildman–Crippen LogP) is 3.24. The van der Waals surface area contributed by atoms with Gasteiger partial charge in [-0.2, -0.15) is 5.10 Å². The molecule has 32 heavy (non-hydrogen) atoms. The number of nitrogens with zero attached hydrogens (tertiary/aromatic N) is 2. The van der Waals surface area contributed by atoms with E-state index in [0.717, 1.165) is 16.9 Å². The maximum absolute atomic E-state index is 12.4. The molecule has 0 saturated carbocycles. The predicted molar refractivity (Wildman–Crippen MR) is 123 cm³/mol. The summed E-state index contributed by atoms with van der Waals surface area (Å²) < 4.78 is 11.5. The van der Waals surface area contributed by atoms with Crippen molar-refractivity contribution in [1.82, 2.24) is 9.99 Å². The van der Waals surface area contributed by atoms with Crippen LogP contribution in [-0.2, 0) is 16.1 Å². The monoisotopic (exact) mass is 473 g/mol. The summed E-state index contributed by atoms with van der Waals surface area (Å²) in [4.78, 5) is 36.1. The Morgan fingerprint density at radius 2 is 2.00 bits per heavy atom. The Labute approximate surface area is 193 Å². The molecule has 3 aromatic rings. The van der Waals surface area contributed by atoms with Crippen LogP contribution in [0.2, 0.25) is 5.15 Å². The average Bonchev–Trinajstić information content (AvgIpc) is 3.05. The zero-order valence-electron chi connectivity index (χ0n) is 17.3. The lowest BCUT2D eigenvalue weighted by atomic mass is 10.1. The van der Waals surface area contributed by atoms with Crippen LogP contribution in [-0.4, -0.2) is 36.4 Å². The smallest absolute Gasteiger partial charge is 0.337 e. The standard InChI is InChI=1S/C22H20ClN3O5S/c1-14-6-3-4-9-17(14)31-13-19(27)25-24-11-18-20(23)26(22(29)32-18)12-15-7-5-8-16(10-15)21(28)30-2/h3-11H,12-13H2,1-2H3,(H,25,27)/b24-11+. The van der Waals surface area contributed by atoms with Crippen molar-refractivity contribution >= 4 is 41.0 Å². The van der Waals surface area contributed by atoms with E-state index in [2.05, 4.69) is 10.5 Å². The lowest BCUT2D eigenvalue weighted by Crippen LogP contribution is -2.24. The highest BCUT2D eigenvalue weighted by Crippen LogP contribution is 2.19. The Hall–Kier alpha value is -3.43. The van der Waals surface area contributed by atoms with Crippen LogP contribution in [0.4, 0.5) is 0 Å². The molecule has 166 valence electrons. The maximum Gasteiger partial charge on any atom is 0.337 e. The van der Waals surface area contributed by atoms with Gasteiger partial charge in [0, 0.05) is 0 Å². The van der Waals surface area contributed by atoms with E-state index in [-0.39, 0.29) is 23.2 Å². The van der Waals surface area contributed by atoms with Crippen LogP contribution in [0.15, 0.2) is 58.4 Å². The summed E-state index contributed by atoms with van der Waals surface area (Å²) in [5, 5.41) is 4.03. The molecule has 1 amide bonds. The third-order valence-corrected chi connectivity index (χ3v) is 5.80. The molecule has 10 heteroatoms. The number of hydrogen-bond acceptors (Lipinski definition) is 7. The zero-order chi connectivity index (χ0) is 23.1. The molecule has 3 rings (SSSR count). The van der Waals surface area contributed by atoms with Gasteiger partial charge in [0.1, 0.15) is 10.9 Å². The molecule has 0 unspecified atom stereocenters. The highest BCUT2D eigenvalue weighted by atomic mass is 35.5. The number of hydrazone groups is 1. The Morgan fingerprint density at radius 3 is 2.75 bits per heavy atom. The highest BCUT2D eigenvalue weighted by molar-refractivity contribution is 7.11. The fourth-order valence-corrected chi connectivity index (χ4v) is 3.88. The van der Waals surface area contributed by atoms with E-state index < -0.39 is 11.9 Å². The number of amides is 1. The van der Waals surface area contributed by atoms with Gasteiger partial charge in [-0.3, -0.25) is 14.2 Å². The van der Waals surface area contributed by atoms with Gasteiger partial charge in [0.2, 0.25) is 0 Å². The molecule has 0 fully saturated rings. The number of carbonyl (C=O) groups is 2. The van der Waals surface area contributed by atoms with Crippen molar-refractivity contribution in [2.24, 2.45) is 5.10 Å². The molecule has 0 spiro atoms. The minimum absolute atomic E-state index is 0.170. The number of benzene rings is 2. The lowest BCUT2D eigenvalue weighted by Gasteiger charge is -2.07. The molecule has 0 aliphatic rings. The van der Waals surface area contributed by atoms with Crippen LogP contribution in [0.5, 0.6) is 5.75 Å². The molecular formula is C22H20ClN3O5S. The number of nitrogens with one attached hydrogen (secondary N) is 1. The number of para-hydroxylation sites is 1. The molecule has 0 aliphatic carbocycles. The highest BCUT2D eigenvalue weighted by Gasteiger charge is 2.13.